The molecular formula is C12H16N4O. The molecule has 3 rings (SSSR count). The standard InChI is InChI=1S/C12H16N4O/c1-16-8-15-11-10(16)2-4-13-12(11)14-6-9-3-5-17-7-9/h2,4,8-9H,3,5-7H2,1H3,(H,13,14). The molecule has 0 radical (unpaired) electrons. The third kappa shape index (κ3) is 1.98. The molecule has 0 saturated carbocycles. The summed E-state index contributed by atoms with van der Waals surface area (Å²) in [5.41, 5.74) is 2.04. The molecule has 0 aromatic carbocycles. The largest absolute Gasteiger partial charge is 0.381 e. The van der Waals surface area contributed by atoms with E-state index in [1.807, 2.05) is 30.2 Å². The predicted octanol–water partition coefficient (Wildman–Crippen LogP) is 1.42. The summed E-state index contributed by atoms with van der Waals surface area (Å²) in [6, 6.07) is 1.98. The van der Waals surface area contributed by atoms with Crippen molar-refractivity contribution in [2.45, 2.75) is 6.42 Å². The molecule has 0 spiro atoms. The summed E-state index contributed by atoms with van der Waals surface area (Å²) >= 11 is 0. The molecule has 0 bridgehead atoms. The minimum atomic E-state index is 0.593. The van der Waals surface area contributed by atoms with Gasteiger partial charge in [0.15, 0.2) is 5.82 Å². The average molecular weight is 232 g/mol. The molecule has 90 valence electrons. The average Bonchev–Trinajstić information content (AvgIpc) is 2.97. The molecule has 1 fully saturated rings. The van der Waals surface area contributed by atoms with Crippen molar-refractivity contribution in [3.63, 3.8) is 0 Å². The van der Waals surface area contributed by atoms with E-state index >= 15 is 0 Å². The lowest BCUT2D eigenvalue weighted by Crippen LogP contribution is -2.15. The number of nitrogens with one attached hydrogen (secondary N) is 1. The van der Waals surface area contributed by atoms with Gasteiger partial charge in [-0.05, 0) is 12.5 Å². The maximum absolute atomic E-state index is 5.36. The van der Waals surface area contributed by atoms with Crippen molar-refractivity contribution in [1.82, 2.24) is 14.5 Å². The van der Waals surface area contributed by atoms with Crippen LogP contribution in [0.5, 0.6) is 0 Å². The Kier molecular flexibility index (Phi) is 2.68. The molecule has 2 aromatic heterocycles. The molecule has 1 aliphatic rings. The van der Waals surface area contributed by atoms with E-state index in [2.05, 4.69) is 15.3 Å². The molecule has 0 aliphatic carbocycles. The Labute approximate surface area is 99.8 Å². The van der Waals surface area contributed by atoms with Gasteiger partial charge < -0.3 is 14.6 Å². The van der Waals surface area contributed by atoms with E-state index in [0.717, 1.165) is 43.0 Å². The Bertz CT molecular complexity index is 516. The van der Waals surface area contributed by atoms with Gasteiger partial charge in [0.05, 0.1) is 18.5 Å². The van der Waals surface area contributed by atoms with Crippen LogP contribution in [0.25, 0.3) is 11.0 Å². The van der Waals surface area contributed by atoms with E-state index in [9.17, 15) is 0 Å². The number of imidazole rings is 1. The quantitative estimate of drug-likeness (QED) is 0.869. The number of hydrogen-bond donors (Lipinski definition) is 1. The van der Waals surface area contributed by atoms with Crippen LogP contribution >= 0.6 is 0 Å². The van der Waals surface area contributed by atoms with E-state index in [0.29, 0.717) is 5.92 Å². The number of aromatic nitrogens is 3. The van der Waals surface area contributed by atoms with Crippen LogP contribution in [-0.2, 0) is 11.8 Å². The van der Waals surface area contributed by atoms with Crippen LogP contribution in [0.2, 0.25) is 0 Å². The summed E-state index contributed by atoms with van der Waals surface area (Å²) in [6.07, 6.45) is 4.76. The number of hydrogen-bond acceptors (Lipinski definition) is 4. The van der Waals surface area contributed by atoms with Gasteiger partial charge in [-0.2, -0.15) is 0 Å². The topological polar surface area (TPSA) is 52.0 Å². The molecular weight excluding hydrogens is 216 g/mol. The van der Waals surface area contributed by atoms with E-state index in [4.69, 9.17) is 4.74 Å². The lowest BCUT2D eigenvalue weighted by Gasteiger charge is -2.10. The number of aryl methyl sites for hydroxylation is 1. The normalized spacial score (nSPS) is 19.9. The van der Waals surface area contributed by atoms with E-state index in [-0.39, 0.29) is 0 Å². The first-order chi connectivity index (χ1) is 8.34. The van der Waals surface area contributed by atoms with Gasteiger partial charge in [-0.1, -0.05) is 0 Å². The van der Waals surface area contributed by atoms with E-state index in [1.165, 1.54) is 0 Å². The third-order valence-corrected chi connectivity index (χ3v) is 3.23. The SMILES string of the molecule is Cn1cnc2c(NCC3CCOC3)nccc21. The van der Waals surface area contributed by atoms with Crippen LogP contribution < -0.4 is 5.32 Å². The van der Waals surface area contributed by atoms with Gasteiger partial charge in [-0.3, -0.25) is 0 Å². The monoisotopic (exact) mass is 232 g/mol. The van der Waals surface area contributed by atoms with Crippen molar-refractivity contribution < 1.29 is 4.74 Å². The number of rotatable bonds is 3. The zero-order valence-corrected chi connectivity index (χ0v) is 9.89. The summed E-state index contributed by atoms with van der Waals surface area (Å²) in [4.78, 5) is 8.72. The minimum absolute atomic E-state index is 0.593. The molecule has 2 aromatic rings. The Hall–Kier alpha value is -1.62. The highest BCUT2D eigenvalue weighted by molar-refractivity contribution is 5.85. The molecule has 17 heavy (non-hydrogen) atoms. The fraction of sp³-hybridized carbons (Fsp3) is 0.500. The summed E-state index contributed by atoms with van der Waals surface area (Å²) < 4.78 is 7.36. The summed E-state index contributed by atoms with van der Waals surface area (Å²) in [5, 5.41) is 3.38. The van der Waals surface area contributed by atoms with Crippen LogP contribution in [-0.4, -0.2) is 34.3 Å². The van der Waals surface area contributed by atoms with Crippen molar-refractivity contribution in [1.29, 1.82) is 0 Å². The Morgan fingerprint density at radius 2 is 2.47 bits per heavy atom. The van der Waals surface area contributed by atoms with Crippen LogP contribution in [0.4, 0.5) is 5.82 Å². The second kappa shape index (κ2) is 4.33. The lowest BCUT2D eigenvalue weighted by atomic mass is 10.1. The van der Waals surface area contributed by atoms with Crippen LogP contribution in [0, 0.1) is 5.92 Å². The number of pyridine rings is 1. The zero-order chi connectivity index (χ0) is 11.7. The van der Waals surface area contributed by atoms with Gasteiger partial charge >= 0.3 is 0 Å². The minimum Gasteiger partial charge on any atom is -0.381 e. The molecule has 1 N–H and O–H groups in total. The molecule has 5 nitrogen and oxygen atoms in total. The second-order valence-electron chi connectivity index (χ2n) is 4.49. The fourth-order valence-corrected chi connectivity index (χ4v) is 2.18. The van der Waals surface area contributed by atoms with E-state index in [1.54, 1.807) is 0 Å². The number of ether oxygens (including phenoxy) is 1. The number of nitrogens with zero attached hydrogens (tertiary/aromatic N) is 3. The molecule has 1 aliphatic heterocycles. The zero-order valence-electron chi connectivity index (χ0n) is 9.89. The summed E-state index contributed by atoms with van der Waals surface area (Å²) in [7, 11) is 1.99. The van der Waals surface area contributed by atoms with Crippen LogP contribution in [0.3, 0.4) is 0 Å². The fourth-order valence-electron chi connectivity index (χ4n) is 2.18. The molecule has 1 saturated heterocycles. The van der Waals surface area contributed by atoms with Gasteiger partial charge in [-0.25, -0.2) is 9.97 Å². The predicted molar refractivity (Wildman–Crippen MR) is 65.9 cm³/mol. The van der Waals surface area contributed by atoms with Gasteiger partial charge in [0.2, 0.25) is 0 Å². The van der Waals surface area contributed by atoms with Crippen molar-refractivity contribution in [2.24, 2.45) is 13.0 Å². The summed E-state index contributed by atoms with van der Waals surface area (Å²) in [5.74, 6) is 1.46. The van der Waals surface area contributed by atoms with Crippen molar-refractivity contribution in [3.8, 4) is 0 Å². The highest BCUT2D eigenvalue weighted by Crippen LogP contribution is 2.20. The summed E-state index contributed by atoms with van der Waals surface area (Å²) in [6.45, 7) is 2.64. The smallest absolute Gasteiger partial charge is 0.154 e. The Morgan fingerprint density at radius 3 is 3.29 bits per heavy atom. The van der Waals surface area contributed by atoms with Crippen LogP contribution in [0.1, 0.15) is 6.42 Å². The van der Waals surface area contributed by atoms with Gasteiger partial charge in [0.25, 0.3) is 0 Å². The molecule has 1 atom stereocenters. The van der Waals surface area contributed by atoms with Gasteiger partial charge in [-0.15, -0.1) is 0 Å². The van der Waals surface area contributed by atoms with E-state index < -0.39 is 0 Å². The second-order valence-corrected chi connectivity index (χ2v) is 4.49. The number of fused-ring (bicyclic) bond motifs is 1. The maximum atomic E-state index is 5.36. The molecule has 3 heterocycles. The van der Waals surface area contributed by atoms with Crippen LogP contribution in [0.15, 0.2) is 18.6 Å². The first-order valence-electron chi connectivity index (χ1n) is 5.92. The van der Waals surface area contributed by atoms with Crippen molar-refractivity contribution in [2.75, 3.05) is 25.1 Å². The van der Waals surface area contributed by atoms with Gasteiger partial charge in [0, 0.05) is 32.3 Å². The first-order valence-corrected chi connectivity index (χ1v) is 5.92. The first kappa shape index (κ1) is 10.5. The lowest BCUT2D eigenvalue weighted by molar-refractivity contribution is 0.187. The molecule has 1 unspecified atom stereocenters. The maximum Gasteiger partial charge on any atom is 0.154 e. The molecule has 5 heteroatoms. The highest BCUT2D eigenvalue weighted by atomic mass is 16.5. The van der Waals surface area contributed by atoms with Crippen molar-refractivity contribution >= 4 is 16.9 Å². The Balaban J connectivity index is 1.79. The molecule has 0 amide bonds. The Morgan fingerprint density at radius 1 is 1.53 bits per heavy atom. The van der Waals surface area contributed by atoms with Gasteiger partial charge in [0.1, 0.15) is 5.52 Å². The third-order valence-electron chi connectivity index (χ3n) is 3.23. The highest BCUT2D eigenvalue weighted by Gasteiger charge is 2.16. The van der Waals surface area contributed by atoms with Crippen molar-refractivity contribution in [3.05, 3.63) is 18.6 Å². The number of anilines is 1.